The van der Waals surface area contributed by atoms with Gasteiger partial charge < -0.3 is 24.7 Å². The van der Waals surface area contributed by atoms with E-state index >= 15 is 0 Å². The van der Waals surface area contributed by atoms with Gasteiger partial charge in [0.2, 0.25) is 0 Å². The van der Waals surface area contributed by atoms with Crippen molar-refractivity contribution in [3.8, 4) is 0 Å². The first-order valence-electron chi connectivity index (χ1n) is 13.2. The molecule has 0 fully saturated rings. The first-order valence-corrected chi connectivity index (χ1v) is 13.2. The van der Waals surface area contributed by atoms with E-state index in [0.717, 1.165) is 0 Å². The van der Waals surface area contributed by atoms with Gasteiger partial charge in [-0.2, -0.15) is 35.5 Å². The van der Waals surface area contributed by atoms with Gasteiger partial charge in [0, 0.05) is 23.5 Å². The molecule has 0 bridgehead atoms. The smallest absolute Gasteiger partial charge is 0.358 e. The zero-order chi connectivity index (χ0) is 25.6. The number of nitrogens with zero attached hydrogens (tertiary/aromatic N) is 2. The fourth-order valence-corrected chi connectivity index (χ4v) is 6.06. The second-order valence-electron chi connectivity index (χ2n) is 10.1. The van der Waals surface area contributed by atoms with E-state index in [4.69, 9.17) is 0 Å². The van der Waals surface area contributed by atoms with Gasteiger partial charge in [-0.05, 0) is 35.6 Å². The summed E-state index contributed by atoms with van der Waals surface area (Å²) in [5.74, 6) is 0. The Morgan fingerprint density at radius 2 is 0.829 bits per heavy atom. The molecule has 2 aliphatic heterocycles. The maximum atomic E-state index is 3.51. The van der Waals surface area contributed by atoms with Gasteiger partial charge in [0.1, 0.15) is 0 Å². The van der Waals surface area contributed by atoms with Crippen LogP contribution in [0.25, 0.3) is 11.1 Å². The maximum absolute atomic E-state index is 3.51. The van der Waals surface area contributed by atoms with Crippen molar-refractivity contribution in [1.29, 1.82) is 0 Å². The Bertz CT molecular complexity index is 1520. The molecule has 200 valence electrons. The third kappa shape index (κ3) is 5.24. The van der Waals surface area contributed by atoms with Gasteiger partial charge >= 0.3 is 25.8 Å². The third-order valence-corrected chi connectivity index (χ3v) is 7.60. The molecule has 2 aliphatic carbocycles. The molecule has 2 atom stereocenters. The van der Waals surface area contributed by atoms with Crippen molar-refractivity contribution < 1.29 is 25.8 Å². The zero-order valence-corrected chi connectivity index (χ0v) is 27.7. The minimum Gasteiger partial charge on any atom is -0.358 e. The predicted octanol–water partition coefficient (Wildman–Crippen LogP) is 9.60. The van der Waals surface area contributed by atoms with E-state index in [9.17, 15) is 0 Å². The molecular formula is C38H34HfN2. The largest absolute Gasteiger partial charge is 4.00 e. The van der Waals surface area contributed by atoms with Crippen LogP contribution in [0.2, 0.25) is 0 Å². The van der Waals surface area contributed by atoms with E-state index in [0.29, 0.717) is 12.1 Å². The Labute approximate surface area is 264 Å². The molecule has 41 heavy (non-hydrogen) atoms. The Morgan fingerprint density at radius 1 is 0.488 bits per heavy atom. The molecule has 4 aromatic carbocycles. The molecule has 0 amide bonds. The fourth-order valence-electron chi connectivity index (χ4n) is 6.06. The normalized spacial score (nSPS) is 18.4. The summed E-state index contributed by atoms with van der Waals surface area (Å²) in [5, 5.41) is 0. The summed E-state index contributed by atoms with van der Waals surface area (Å²) in [5.41, 5.74) is 12.7. The Kier molecular flexibility index (Phi) is 9.19. The summed E-state index contributed by atoms with van der Waals surface area (Å²) in [6.07, 6.45) is 11.6. The van der Waals surface area contributed by atoms with Gasteiger partial charge in [0.25, 0.3) is 0 Å². The summed E-state index contributed by atoms with van der Waals surface area (Å²) in [6.45, 7) is 4.24. The molecule has 0 spiro atoms. The van der Waals surface area contributed by atoms with Crippen LogP contribution in [0.15, 0.2) is 132 Å². The fraction of sp³-hybridized carbons (Fsp3) is 0.105. The van der Waals surface area contributed by atoms with Crippen molar-refractivity contribution in [2.45, 2.75) is 25.9 Å². The van der Waals surface area contributed by atoms with E-state index in [1.54, 1.807) is 0 Å². The van der Waals surface area contributed by atoms with E-state index in [2.05, 4.69) is 157 Å². The van der Waals surface area contributed by atoms with E-state index in [-0.39, 0.29) is 40.7 Å². The predicted molar refractivity (Wildman–Crippen MR) is 171 cm³/mol. The van der Waals surface area contributed by atoms with Gasteiger partial charge in [0.05, 0.1) is 0 Å². The molecule has 3 heteroatoms. The van der Waals surface area contributed by atoms with Crippen LogP contribution in [0.4, 0.5) is 22.7 Å². The molecule has 8 rings (SSSR count). The van der Waals surface area contributed by atoms with Crippen LogP contribution in [-0.2, 0) is 25.8 Å². The molecular weight excluding hydrogens is 663 g/mol. The molecule has 2 unspecified atom stereocenters. The number of anilines is 4. The van der Waals surface area contributed by atoms with Crippen LogP contribution in [0, 0.1) is 27.0 Å². The van der Waals surface area contributed by atoms with Crippen LogP contribution in [0.3, 0.4) is 0 Å². The second-order valence-corrected chi connectivity index (χ2v) is 10.1. The first-order chi connectivity index (χ1) is 18.7. The van der Waals surface area contributed by atoms with Gasteiger partial charge in [0.15, 0.2) is 0 Å². The van der Waals surface area contributed by atoms with Crippen molar-refractivity contribution in [3.63, 3.8) is 0 Å². The number of allylic oxidation sites excluding steroid dienone is 4. The molecule has 4 aromatic rings. The van der Waals surface area contributed by atoms with Crippen molar-refractivity contribution >= 4 is 33.9 Å². The SMILES string of the molecule is CC1=CC2C(=[C-]1)c1ccccc1N2c1ccccc1.CC1=CC2C(=[C-]1)c1ccccc1N2c1ccccc1.[CH3-].[CH3-].[Hf+4]. The van der Waals surface area contributed by atoms with E-state index < -0.39 is 0 Å². The molecule has 0 radical (unpaired) electrons. The van der Waals surface area contributed by atoms with Crippen LogP contribution in [-0.4, -0.2) is 12.1 Å². The Balaban J connectivity index is 0.000000176. The number of hydrogen-bond acceptors (Lipinski definition) is 2. The summed E-state index contributed by atoms with van der Waals surface area (Å²) < 4.78 is 0. The molecule has 4 aliphatic rings. The number of benzene rings is 4. The van der Waals surface area contributed by atoms with Gasteiger partial charge in [-0.25, -0.2) is 0 Å². The van der Waals surface area contributed by atoms with Crippen molar-refractivity contribution in [2.24, 2.45) is 0 Å². The summed E-state index contributed by atoms with van der Waals surface area (Å²) >= 11 is 0. The number of hydrogen-bond donors (Lipinski definition) is 0. The quantitative estimate of drug-likeness (QED) is 0.152. The third-order valence-electron chi connectivity index (χ3n) is 7.60. The number of para-hydroxylation sites is 4. The topological polar surface area (TPSA) is 6.48 Å². The average molecular weight is 697 g/mol. The molecule has 2 heterocycles. The molecule has 0 saturated heterocycles. The van der Waals surface area contributed by atoms with E-state index in [1.807, 2.05) is 0 Å². The Hall–Kier alpha value is -3.69. The summed E-state index contributed by atoms with van der Waals surface area (Å²) in [7, 11) is 0. The molecule has 0 saturated carbocycles. The second kappa shape index (κ2) is 12.4. The van der Waals surface area contributed by atoms with Gasteiger partial charge in [-0.3, -0.25) is 0 Å². The molecule has 0 N–H and O–H groups in total. The summed E-state index contributed by atoms with van der Waals surface area (Å²) in [4.78, 5) is 4.79. The first kappa shape index (κ1) is 30.3. The minimum atomic E-state index is 0. The Morgan fingerprint density at radius 3 is 1.22 bits per heavy atom. The summed E-state index contributed by atoms with van der Waals surface area (Å²) in [6, 6.07) is 39.0. The van der Waals surface area contributed by atoms with Crippen molar-refractivity contribution in [2.75, 3.05) is 9.80 Å². The van der Waals surface area contributed by atoms with Crippen molar-refractivity contribution in [3.05, 3.63) is 171 Å². The molecule has 2 nitrogen and oxygen atoms in total. The standard InChI is InChI=1S/2C18H14N.2CH3.Hf/c2*1-13-11-16-15-9-5-6-10-17(15)19(18(16)12-13)14-7-3-2-4-8-14;;;/h2*2-10,12,18H,1H3;2*1H3;/q4*-1;+4. The van der Waals surface area contributed by atoms with Crippen molar-refractivity contribution in [1.82, 2.24) is 0 Å². The molecule has 0 aromatic heterocycles. The van der Waals surface area contributed by atoms with Crippen LogP contribution < -0.4 is 9.80 Å². The zero-order valence-electron chi connectivity index (χ0n) is 24.1. The van der Waals surface area contributed by atoms with Crippen LogP contribution >= 0.6 is 0 Å². The van der Waals surface area contributed by atoms with Gasteiger partial charge in [-0.1, -0.05) is 97.8 Å². The van der Waals surface area contributed by atoms with E-state index in [1.165, 1.54) is 56.2 Å². The number of fused-ring (bicyclic) bond motifs is 6. The number of rotatable bonds is 2. The van der Waals surface area contributed by atoms with Gasteiger partial charge in [-0.15, -0.1) is 23.3 Å². The average Bonchev–Trinajstić information content (AvgIpc) is 3.67. The van der Waals surface area contributed by atoms with Crippen LogP contribution in [0.5, 0.6) is 0 Å². The van der Waals surface area contributed by atoms with Crippen LogP contribution in [0.1, 0.15) is 25.0 Å². The monoisotopic (exact) mass is 698 g/mol. The maximum Gasteiger partial charge on any atom is 4.00 e. The minimum absolute atomic E-state index is 0.